The summed E-state index contributed by atoms with van der Waals surface area (Å²) in [6.45, 7) is 3.59. The molecule has 162 valence electrons. The van der Waals surface area contributed by atoms with Gasteiger partial charge in [-0.1, -0.05) is 57.0 Å². The van der Waals surface area contributed by atoms with Crippen LogP contribution < -0.4 is 4.74 Å². The van der Waals surface area contributed by atoms with Crippen molar-refractivity contribution < 1.29 is 32.9 Å². The zero-order valence-corrected chi connectivity index (χ0v) is 16.7. The van der Waals surface area contributed by atoms with Gasteiger partial charge in [0, 0.05) is 16.7 Å². The first-order valence-electron chi connectivity index (χ1n) is 9.59. The van der Waals surface area contributed by atoms with Gasteiger partial charge in [-0.05, 0) is 24.5 Å². The minimum Gasteiger partial charge on any atom is -0.507 e. The molecule has 0 aromatic heterocycles. The maximum absolute atomic E-state index is 13.1. The first-order chi connectivity index (χ1) is 14.1. The summed E-state index contributed by atoms with van der Waals surface area (Å²) in [5.41, 5.74) is -1.52. The summed E-state index contributed by atoms with van der Waals surface area (Å²) in [5.74, 6) is -1.91. The molecule has 0 bridgehead atoms. The Morgan fingerprint density at radius 2 is 1.73 bits per heavy atom. The van der Waals surface area contributed by atoms with E-state index in [0.717, 1.165) is 6.07 Å². The van der Waals surface area contributed by atoms with E-state index in [9.17, 15) is 28.2 Å². The van der Waals surface area contributed by atoms with Gasteiger partial charge in [0.25, 0.3) is 0 Å². The zero-order valence-electron chi connectivity index (χ0n) is 16.7. The Morgan fingerprint density at radius 1 is 1.13 bits per heavy atom. The second kappa shape index (κ2) is 9.65. The maximum Gasteiger partial charge on any atom is 0.433 e. The van der Waals surface area contributed by atoms with Crippen molar-refractivity contribution in [1.29, 1.82) is 5.41 Å². The summed E-state index contributed by atoms with van der Waals surface area (Å²) in [5, 5.41) is 27.7. The van der Waals surface area contributed by atoms with Crippen molar-refractivity contribution in [3.05, 3.63) is 58.7 Å². The number of hydrogen-bond donors (Lipinski definition) is 3. The van der Waals surface area contributed by atoms with E-state index in [1.807, 2.05) is 6.92 Å². The number of rotatable bonds is 9. The van der Waals surface area contributed by atoms with E-state index in [-0.39, 0.29) is 17.7 Å². The largest absolute Gasteiger partial charge is 0.507 e. The fraction of sp³-hybridized carbons (Fsp3) is 0.364. The number of benzene rings is 2. The van der Waals surface area contributed by atoms with Crippen LogP contribution in [0.4, 0.5) is 13.2 Å². The Bertz CT molecular complexity index is 911. The first kappa shape index (κ1) is 23.3. The molecule has 0 spiro atoms. The summed E-state index contributed by atoms with van der Waals surface area (Å²) in [6.07, 6.45) is -4.84. The second-order valence-electron chi connectivity index (χ2n) is 6.86. The van der Waals surface area contributed by atoms with Gasteiger partial charge < -0.3 is 14.9 Å². The van der Waals surface area contributed by atoms with E-state index in [1.165, 1.54) is 0 Å². The SMILES string of the molecule is CCCc1cc(C(=N)C(F)(F)F)c(O)c(CCC)c1OC(C(=O)O)c1ccccc1. The number of hydrogen-bond acceptors (Lipinski definition) is 4. The minimum absolute atomic E-state index is 0.0613. The van der Waals surface area contributed by atoms with Crippen molar-refractivity contribution >= 4 is 11.7 Å². The molecule has 0 saturated carbocycles. The van der Waals surface area contributed by atoms with Gasteiger partial charge in [-0.2, -0.15) is 13.2 Å². The number of phenols is 1. The molecule has 0 aliphatic heterocycles. The molecular formula is C22H24F3NO4. The second-order valence-corrected chi connectivity index (χ2v) is 6.86. The molecule has 2 rings (SSSR count). The Kier molecular flexibility index (Phi) is 7.48. The van der Waals surface area contributed by atoms with Crippen LogP contribution in [0.3, 0.4) is 0 Å². The topological polar surface area (TPSA) is 90.6 Å². The number of aromatic hydroxyl groups is 1. The minimum atomic E-state index is -4.93. The lowest BCUT2D eigenvalue weighted by molar-refractivity contribution is -0.145. The van der Waals surface area contributed by atoms with E-state index >= 15 is 0 Å². The first-order valence-corrected chi connectivity index (χ1v) is 9.59. The van der Waals surface area contributed by atoms with Crippen LogP contribution >= 0.6 is 0 Å². The van der Waals surface area contributed by atoms with E-state index < -0.39 is 35.3 Å². The van der Waals surface area contributed by atoms with Crippen LogP contribution in [-0.4, -0.2) is 28.1 Å². The average Bonchev–Trinajstić information content (AvgIpc) is 2.69. The molecule has 1 unspecified atom stereocenters. The van der Waals surface area contributed by atoms with Gasteiger partial charge in [0.2, 0.25) is 6.10 Å². The van der Waals surface area contributed by atoms with E-state index in [1.54, 1.807) is 37.3 Å². The van der Waals surface area contributed by atoms with Crippen LogP contribution in [0.5, 0.6) is 11.5 Å². The van der Waals surface area contributed by atoms with Gasteiger partial charge in [0.1, 0.15) is 17.2 Å². The number of nitrogens with one attached hydrogen (secondary N) is 1. The highest BCUT2D eigenvalue weighted by Crippen LogP contribution is 2.41. The highest BCUT2D eigenvalue weighted by molar-refractivity contribution is 6.05. The maximum atomic E-state index is 13.1. The predicted molar refractivity (Wildman–Crippen MR) is 106 cm³/mol. The molecule has 5 nitrogen and oxygen atoms in total. The van der Waals surface area contributed by atoms with Gasteiger partial charge in [-0.15, -0.1) is 0 Å². The van der Waals surface area contributed by atoms with Crippen molar-refractivity contribution in [2.75, 3.05) is 0 Å². The van der Waals surface area contributed by atoms with Gasteiger partial charge in [-0.3, -0.25) is 5.41 Å². The zero-order chi connectivity index (χ0) is 22.5. The number of ether oxygens (including phenoxy) is 1. The summed E-state index contributed by atoms with van der Waals surface area (Å²) < 4.78 is 45.2. The number of carbonyl (C=O) groups is 1. The van der Waals surface area contributed by atoms with Crippen LogP contribution in [0.15, 0.2) is 36.4 Å². The quantitative estimate of drug-likeness (QED) is 0.469. The third-order valence-corrected chi connectivity index (χ3v) is 4.56. The Hall–Kier alpha value is -3.03. The van der Waals surface area contributed by atoms with Crippen LogP contribution in [-0.2, 0) is 17.6 Å². The molecule has 0 aliphatic carbocycles. The molecule has 1 atom stereocenters. The molecular weight excluding hydrogens is 399 g/mol. The summed E-state index contributed by atoms with van der Waals surface area (Å²) in [7, 11) is 0. The summed E-state index contributed by atoms with van der Waals surface area (Å²) in [4.78, 5) is 11.9. The fourth-order valence-corrected chi connectivity index (χ4v) is 3.21. The van der Waals surface area contributed by atoms with E-state index in [4.69, 9.17) is 10.1 Å². The van der Waals surface area contributed by atoms with Crippen LogP contribution in [0.25, 0.3) is 0 Å². The summed E-state index contributed by atoms with van der Waals surface area (Å²) in [6, 6.07) is 9.25. The van der Waals surface area contributed by atoms with Crippen LogP contribution in [0.2, 0.25) is 0 Å². The lowest BCUT2D eigenvalue weighted by Gasteiger charge is -2.23. The molecule has 30 heavy (non-hydrogen) atoms. The van der Waals surface area contributed by atoms with Crippen molar-refractivity contribution in [2.45, 2.75) is 51.8 Å². The molecule has 0 amide bonds. The van der Waals surface area contributed by atoms with Gasteiger partial charge in [0.15, 0.2) is 0 Å². The molecule has 0 radical (unpaired) electrons. The Balaban J connectivity index is 2.68. The highest BCUT2D eigenvalue weighted by Gasteiger charge is 2.38. The van der Waals surface area contributed by atoms with Crippen molar-refractivity contribution in [2.24, 2.45) is 0 Å². The lowest BCUT2D eigenvalue weighted by Crippen LogP contribution is -2.24. The Morgan fingerprint density at radius 3 is 2.23 bits per heavy atom. The van der Waals surface area contributed by atoms with Crippen molar-refractivity contribution in [3.63, 3.8) is 0 Å². The number of phenolic OH excluding ortho intramolecular Hbond substituents is 1. The molecule has 0 fully saturated rings. The lowest BCUT2D eigenvalue weighted by atomic mass is 9.94. The third-order valence-electron chi connectivity index (χ3n) is 4.56. The number of aryl methyl sites for hydroxylation is 1. The molecule has 2 aromatic carbocycles. The van der Waals surface area contributed by atoms with Crippen molar-refractivity contribution in [1.82, 2.24) is 0 Å². The van der Waals surface area contributed by atoms with Gasteiger partial charge in [0.05, 0.1) is 0 Å². The smallest absolute Gasteiger partial charge is 0.433 e. The number of aliphatic carboxylic acids is 1. The number of carboxylic acid groups (broad SMARTS) is 1. The predicted octanol–water partition coefficient (Wildman–Crippen LogP) is 5.43. The normalized spacial score (nSPS) is 12.4. The number of alkyl halides is 3. The fourth-order valence-electron chi connectivity index (χ4n) is 3.21. The van der Waals surface area contributed by atoms with Crippen molar-refractivity contribution in [3.8, 4) is 11.5 Å². The van der Waals surface area contributed by atoms with E-state index in [2.05, 4.69) is 0 Å². The van der Waals surface area contributed by atoms with Gasteiger partial charge in [-0.25, -0.2) is 4.79 Å². The average molecular weight is 423 g/mol. The van der Waals surface area contributed by atoms with Crippen LogP contribution in [0.1, 0.15) is 55.0 Å². The molecule has 0 saturated heterocycles. The molecule has 2 aromatic rings. The monoisotopic (exact) mass is 423 g/mol. The Labute approximate surface area is 172 Å². The summed E-state index contributed by atoms with van der Waals surface area (Å²) >= 11 is 0. The third kappa shape index (κ3) is 5.11. The highest BCUT2D eigenvalue weighted by atomic mass is 19.4. The molecule has 0 aliphatic rings. The van der Waals surface area contributed by atoms with Crippen LogP contribution in [0, 0.1) is 5.41 Å². The number of carboxylic acids is 1. The standard InChI is InChI=1S/C22H24F3NO4/c1-3-8-14-12-16(20(26)22(23,24)25)17(27)15(9-4-2)18(14)30-19(21(28)29)13-10-6-5-7-11-13/h5-7,10-12,19,26-27H,3-4,8-9H2,1-2H3,(H,28,29). The van der Waals surface area contributed by atoms with Gasteiger partial charge >= 0.3 is 12.1 Å². The molecule has 8 heteroatoms. The number of halogens is 3. The molecule has 0 heterocycles. The molecule has 3 N–H and O–H groups in total. The van der Waals surface area contributed by atoms with E-state index in [0.29, 0.717) is 30.4 Å².